The second-order valence-corrected chi connectivity index (χ2v) is 3.66. The molecule has 18 heavy (non-hydrogen) atoms. The first-order chi connectivity index (χ1) is 8.63. The Balaban J connectivity index is 2.43. The lowest BCUT2D eigenvalue weighted by molar-refractivity contribution is 0.0947. The molecular weight excluding hydrogens is 234 g/mol. The van der Waals surface area contributed by atoms with Crippen molar-refractivity contribution in [1.29, 1.82) is 0 Å². The minimum absolute atomic E-state index is 0.0327. The molecule has 6 heteroatoms. The Bertz CT molecular complexity index is 536. The van der Waals surface area contributed by atoms with Crippen LogP contribution in [0.3, 0.4) is 0 Å². The molecule has 1 rings (SSSR count). The third kappa shape index (κ3) is 4.67. The summed E-state index contributed by atoms with van der Waals surface area (Å²) in [6.45, 7) is 3.93. The van der Waals surface area contributed by atoms with Crippen LogP contribution >= 0.6 is 0 Å². The predicted octanol–water partition coefficient (Wildman–Crippen LogP) is 0.304. The van der Waals surface area contributed by atoms with Crippen LogP contribution in [0.1, 0.15) is 29.8 Å². The quantitative estimate of drug-likeness (QED) is 0.500. The molecule has 0 bridgehead atoms. The van der Waals surface area contributed by atoms with E-state index in [9.17, 15) is 14.4 Å². The zero-order valence-electron chi connectivity index (χ0n) is 9.91. The molecule has 0 aliphatic rings. The summed E-state index contributed by atoms with van der Waals surface area (Å²) in [4.78, 5) is 37.8. The van der Waals surface area contributed by atoms with Gasteiger partial charge in [0.05, 0.1) is 0 Å². The van der Waals surface area contributed by atoms with Gasteiger partial charge in [-0.25, -0.2) is 4.79 Å². The summed E-state index contributed by atoms with van der Waals surface area (Å²) >= 11 is 0. The summed E-state index contributed by atoms with van der Waals surface area (Å²) < 4.78 is 0. The Hall–Kier alpha value is -2.33. The maximum Gasteiger partial charge on any atom is 0.326 e. The Morgan fingerprint density at radius 1 is 1.39 bits per heavy atom. The highest BCUT2D eigenvalue weighted by molar-refractivity contribution is 5.91. The second-order valence-electron chi connectivity index (χ2n) is 3.66. The van der Waals surface area contributed by atoms with Gasteiger partial charge in [-0.05, 0) is 25.3 Å². The lowest BCUT2D eigenvalue weighted by Gasteiger charge is -2.03. The Labute approximate surface area is 103 Å². The summed E-state index contributed by atoms with van der Waals surface area (Å²) in [5, 5.41) is 2.62. The second kappa shape index (κ2) is 7.09. The summed E-state index contributed by atoms with van der Waals surface area (Å²) in [5.74, 6) is -0.461. The molecule has 0 aromatic carbocycles. The van der Waals surface area contributed by atoms with Crippen molar-refractivity contribution in [2.75, 3.05) is 6.54 Å². The van der Waals surface area contributed by atoms with Gasteiger partial charge < -0.3 is 10.3 Å². The maximum atomic E-state index is 11.6. The molecule has 0 fully saturated rings. The average molecular weight is 249 g/mol. The van der Waals surface area contributed by atoms with E-state index in [1.54, 1.807) is 0 Å². The molecule has 96 valence electrons. The van der Waals surface area contributed by atoms with Crippen LogP contribution in [0.4, 0.5) is 0 Å². The van der Waals surface area contributed by atoms with Crippen molar-refractivity contribution in [2.24, 2.45) is 0 Å². The lowest BCUT2D eigenvalue weighted by Crippen LogP contribution is -2.31. The Kier molecular flexibility index (Phi) is 5.41. The van der Waals surface area contributed by atoms with E-state index in [0.29, 0.717) is 6.54 Å². The maximum absolute atomic E-state index is 11.6. The van der Waals surface area contributed by atoms with Gasteiger partial charge in [0.15, 0.2) is 0 Å². The van der Waals surface area contributed by atoms with Crippen LogP contribution < -0.4 is 16.6 Å². The lowest BCUT2D eigenvalue weighted by atomic mass is 10.2. The van der Waals surface area contributed by atoms with Gasteiger partial charge in [0.25, 0.3) is 11.5 Å². The van der Waals surface area contributed by atoms with E-state index in [2.05, 4.69) is 22.6 Å². The number of carbonyl (C=O) groups is 1. The van der Waals surface area contributed by atoms with E-state index in [0.717, 1.165) is 25.3 Å². The van der Waals surface area contributed by atoms with Crippen molar-refractivity contribution in [2.45, 2.75) is 19.3 Å². The van der Waals surface area contributed by atoms with Gasteiger partial charge in [-0.2, -0.15) is 0 Å². The standard InChI is InChI=1S/C12H15N3O3/c1-2-3-4-5-6-7-13-11(17)9-8-10(16)15-12(18)14-9/h3,8H,1,4-7H2,(H,13,17)(H2,14,15,16,18). The van der Waals surface area contributed by atoms with Crippen molar-refractivity contribution in [1.82, 2.24) is 15.3 Å². The third-order valence-electron chi connectivity index (χ3n) is 2.21. The van der Waals surface area contributed by atoms with Crippen molar-refractivity contribution < 1.29 is 4.79 Å². The fourth-order valence-corrected chi connectivity index (χ4v) is 1.36. The SMILES string of the molecule is C=C=CCCCCNC(=O)c1cc(=O)[nH]c(=O)[nH]1. The number of aromatic amines is 2. The molecule has 0 atom stereocenters. The van der Waals surface area contributed by atoms with Crippen LogP contribution in [0, 0.1) is 0 Å². The molecule has 6 nitrogen and oxygen atoms in total. The molecule has 3 N–H and O–H groups in total. The number of unbranched alkanes of at least 4 members (excludes halogenated alkanes) is 2. The first-order valence-electron chi connectivity index (χ1n) is 5.59. The van der Waals surface area contributed by atoms with Crippen LogP contribution in [0.5, 0.6) is 0 Å². The zero-order chi connectivity index (χ0) is 13.4. The predicted molar refractivity (Wildman–Crippen MR) is 67.6 cm³/mol. The van der Waals surface area contributed by atoms with E-state index in [-0.39, 0.29) is 5.69 Å². The highest BCUT2D eigenvalue weighted by atomic mass is 16.2. The molecule has 1 aromatic rings. The van der Waals surface area contributed by atoms with Crippen LogP contribution in [-0.2, 0) is 0 Å². The molecule has 1 aromatic heterocycles. The topological polar surface area (TPSA) is 94.8 Å². The number of amides is 1. The van der Waals surface area contributed by atoms with E-state index < -0.39 is 17.2 Å². The highest BCUT2D eigenvalue weighted by Crippen LogP contribution is 1.95. The van der Waals surface area contributed by atoms with Crippen LogP contribution in [0.25, 0.3) is 0 Å². The average Bonchev–Trinajstić information content (AvgIpc) is 2.32. The highest BCUT2D eigenvalue weighted by Gasteiger charge is 2.06. The van der Waals surface area contributed by atoms with Crippen LogP contribution in [0.2, 0.25) is 0 Å². The molecule has 0 aliphatic carbocycles. The number of allylic oxidation sites excluding steroid dienone is 1. The van der Waals surface area contributed by atoms with Gasteiger partial charge in [-0.3, -0.25) is 14.6 Å². The minimum Gasteiger partial charge on any atom is -0.351 e. The number of rotatable bonds is 6. The first kappa shape index (κ1) is 13.7. The molecule has 0 aliphatic heterocycles. The van der Waals surface area contributed by atoms with Gasteiger partial charge >= 0.3 is 5.69 Å². The molecule has 0 spiro atoms. The largest absolute Gasteiger partial charge is 0.351 e. The van der Waals surface area contributed by atoms with Gasteiger partial charge in [0.2, 0.25) is 0 Å². The monoisotopic (exact) mass is 249 g/mol. The smallest absolute Gasteiger partial charge is 0.326 e. The van der Waals surface area contributed by atoms with E-state index >= 15 is 0 Å². The van der Waals surface area contributed by atoms with Crippen molar-refractivity contribution >= 4 is 5.91 Å². The summed E-state index contributed by atoms with van der Waals surface area (Å²) in [6.07, 6.45) is 4.41. The van der Waals surface area contributed by atoms with E-state index in [4.69, 9.17) is 0 Å². The fraction of sp³-hybridized carbons (Fsp3) is 0.333. The molecular formula is C12H15N3O3. The molecule has 0 saturated carbocycles. The number of nitrogens with one attached hydrogen (secondary N) is 3. The summed E-state index contributed by atoms with van der Waals surface area (Å²) in [6, 6.07) is 1.05. The molecule has 0 unspecified atom stereocenters. The number of aromatic nitrogens is 2. The van der Waals surface area contributed by atoms with Crippen molar-refractivity contribution in [3.8, 4) is 0 Å². The molecule has 1 amide bonds. The minimum atomic E-state index is -0.691. The number of H-pyrrole nitrogens is 2. The first-order valence-corrected chi connectivity index (χ1v) is 5.59. The molecule has 0 saturated heterocycles. The number of carbonyl (C=O) groups excluding carboxylic acids is 1. The Morgan fingerprint density at radius 2 is 2.17 bits per heavy atom. The van der Waals surface area contributed by atoms with Gasteiger partial charge in [0, 0.05) is 12.6 Å². The van der Waals surface area contributed by atoms with E-state index in [1.807, 2.05) is 11.1 Å². The van der Waals surface area contributed by atoms with Crippen LogP contribution in [0.15, 0.2) is 34.0 Å². The Morgan fingerprint density at radius 3 is 2.83 bits per heavy atom. The molecule has 1 heterocycles. The normalized spacial score (nSPS) is 9.56. The summed E-state index contributed by atoms with van der Waals surface area (Å²) in [7, 11) is 0. The van der Waals surface area contributed by atoms with Crippen molar-refractivity contribution in [3.05, 3.63) is 51.0 Å². The van der Waals surface area contributed by atoms with Crippen LogP contribution in [-0.4, -0.2) is 22.4 Å². The van der Waals surface area contributed by atoms with Crippen molar-refractivity contribution in [3.63, 3.8) is 0 Å². The van der Waals surface area contributed by atoms with Gasteiger partial charge in [0.1, 0.15) is 5.69 Å². The third-order valence-corrected chi connectivity index (χ3v) is 2.21. The van der Waals surface area contributed by atoms with Gasteiger partial charge in [-0.15, -0.1) is 5.73 Å². The number of hydrogen-bond donors (Lipinski definition) is 3. The fourth-order valence-electron chi connectivity index (χ4n) is 1.36. The van der Waals surface area contributed by atoms with E-state index in [1.165, 1.54) is 0 Å². The molecule has 0 radical (unpaired) electrons. The van der Waals surface area contributed by atoms with Gasteiger partial charge in [-0.1, -0.05) is 6.58 Å². The summed E-state index contributed by atoms with van der Waals surface area (Å²) in [5.41, 5.74) is 1.34. The zero-order valence-corrected chi connectivity index (χ0v) is 9.91. The number of hydrogen-bond acceptors (Lipinski definition) is 3.